The number of hydrogen-bond acceptors (Lipinski definition) is 3. The fraction of sp³-hybridized carbons (Fsp3) is 0.625. The Morgan fingerprint density at radius 2 is 1.95 bits per heavy atom. The van der Waals surface area contributed by atoms with Crippen LogP contribution in [0.4, 0.5) is 0 Å². The summed E-state index contributed by atoms with van der Waals surface area (Å²) in [7, 11) is 2.11. The molecule has 3 nitrogen and oxygen atoms in total. The van der Waals surface area contributed by atoms with E-state index in [-0.39, 0.29) is 6.04 Å². The minimum absolute atomic E-state index is 0.120. The Balaban J connectivity index is 2.15. The van der Waals surface area contributed by atoms with Crippen LogP contribution in [0.1, 0.15) is 31.9 Å². The van der Waals surface area contributed by atoms with Gasteiger partial charge in [0.05, 0.1) is 12.7 Å². The van der Waals surface area contributed by atoms with Gasteiger partial charge in [0.25, 0.3) is 0 Å². The molecular formula is C16H25NO2. The number of likely N-dealkylation sites (N-methyl/N-ethyl adjacent to an activating group) is 1. The van der Waals surface area contributed by atoms with E-state index < -0.39 is 6.10 Å². The van der Waals surface area contributed by atoms with Crippen LogP contribution in [0.25, 0.3) is 0 Å². The number of aliphatic hydroxyl groups excluding tert-OH is 1. The minimum atomic E-state index is -0.452. The van der Waals surface area contributed by atoms with Crippen LogP contribution in [0.15, 0.2) is 30.3 Å². The molecule has 0 aliphatic carbocycles. The van der Waals surface area contributed by atoms with E-state index in [4.69, 9.17) is 4.74 Å². The fourth-order valence-corrected chi connectivity index (χ4v) is 2.99. The van der Waals surface area contributed by atoms with Gasteiger partial charge >= 0.3 is 0 Å². The molecule has 1 aliphatic rings. The summed E-state index contributed by atoms with van der Waals surface area (Å²) in [6, 6.07) is 10.5. The summed E-state index contributed by atoms with van der Waals surface area (Å²) >= 11 is 0. The second-order valence-corrected chi connectivity index (χ2v) is 5.77. The van der Waals surface area contributed by atoms with E-state index in [9.17, 15) is 5.11 Å². The van der Waals surface area contributed by atoms with Gasteiger partial charge in [0.2, 0.25) is 0 Å². The lowest BCUT2D eigenvalue weighted by molar-refractivity contribution is 0.0117. The van der Waals surface area contributed by atoms with E-state index in [1.165, 1.54) is 0 Å². The Bertz CT molecular complexity index is 374. The summed E-state index contributed by atoms with van der Waals surface area (Å²) in [6.07, 6.45) is 0.605. The van der Waals surface area contributed by atoms with Crippen LogP contribution in [0, 0.1) is 5.92 Å². The Kier molecular flexibility index (Phi) is 4.97. The molecule has 0 spiro atoms. The molecule has 3 heteroatoms. The van der Waals surface area contributed by atoms with Gasteiger partial charge in [0.15, 0.2) is 0 Å². The zero-order chi connectivity index (χ0) is 13.8. The largest absolute Gasteiger partial charge is 0.387 e. The van der Waals surface area contributed by atoms with Crippen molar-refractivity contribution >= 4 is 0 Å². The topological polar surface area (TPSA) is 32.7 Å². The summed E-state index contributed by atoms with van der Waals surface area (Å²) < 4.78 is 5.47. The zero-order valence-corrected chi connectivity index (χ0v) is 12.1. The first-order chi connectivity index (χ1) is 9.11. The first kappa shape index (κ1) is 14.5. The first-order valence-electron chi connectivity index (χ1n) is 7.14. The molecule has 2 rings (SSSR count). The summed E-state index contributed by atoms with van der Waals surface area (Å²) in [5, 5.41) is 10.7. The van der Waals surface area contributed by atoms with E-state index in [0.29, 0.717) is 12.0 Å². The number of rotatable bonds is 5. The Labute approximate surface area is 116 Å². The van der Waals surface area contributed by atoms with Crippen molar-refractivity contribution in [1.29, 1.82) is 0 Å². The summed E-state index contributed by atoms with van der Waals surface area (Å²) in [4.78, 5) is 2.30. The molecule has 1 fully saturated rings. The van der Waals surface area contributed by atoms with Crippen LogP contribution < -0.4 is 0 Å². The maximum Gasteiger partial charge on any atom is 0.0947 e. The van der Waals surface area contributed by atoms with Gasteiger partial charge in [-0.25, -0.2) is 0 Å². The maximum atomic E-state index is 10.7. The highest BCUT2D eigenvalue weighted by Gasteiger charge is 2.33. The first-order valence-corrected chi connectivity index (χ1v) is 7.14. The molecule has 0 aromatic heterocycles. The Hall–Kier alpha value is -0.900. The maximum absolute atomic E-state index is 10.7. The number of nitrogens with zero attached hydrogens (tertiary/aromatic N) is 1. The molecule has 1 saturated heterocycles. The van der Waals surface area contributed by atoms with Crippen molar-refractivity contribution in [2.24, 2.45) is 5.92 Å². The van der Waals surface area contributed by atoms with Crippen molar-refractivity contribution in [3.63, 3.8) is 0 Å². The molecule has 1 N–H and O–H groups in total. The normalized spacial score (nSPS) is 22.9. The molecule has 1 aliphatic heterocycles. The Morgan fingerprint density at radius 3 is 2.47 bits per heavy atom. The van der Waals surface area contributed by atoms with Crippen LogP contribution in [-0.4, -0.2) is 42.4 Å². The van der Waals surface area contributed by atoms with E-state index in [0.717, 1.165) is 25.2 Å². The quantitative estimate of drug-likeness (QED) is 0.886. The molecular weight excluding hydrogens is 238 g/mol. The molecule has 19 heavy (non-hydrogen) atoms. The van der Waals surface area contributed by atoms with Crippen molar-refractivity contribution in [1.82, 2.24) is 4.90 Å². The molecule has 0 bridgehead atoms. The van der Waals surface area contributed by atoms with Crippen molar-refractivity contribution in [3.8, 4) is 0 Å². The van der Waals surface area contributed by atoms with Crippen molar-refractivity contribution in [2.75, 3.05) is 20.3 Å². The lowest BCUT2D eigenvalue weighted by Crippen LogP contribution is -2.46. The van der Waals surface area contributed by atoms with Crippen LogP contribution in [0.5, 0.6) is 0 Å². The molecule has 0 saturated carbocycles. The highest BCUT2D eigenvalue weighted by Crippen LogP contribution is 2.28. The Morgan fingerprint density at radius 1 is 1.26 bits per heavy atom. The molecule has 106 valence electrons. The third-order valence-corrected chi connectivity index (χ3v) is 4.10. The van der Waals surface area contributed by atoms with Crippen molar-refractivity contribution in [2.45, 2.75) is 38.5 Å². The van der Waals surface area contributed by atoms with Gasteiger partial charge in [-0.15, -0.1) is 0 Å². The smallest absolute Gasteiger partial charge is 0.0947 e. The highest BCUT2D eigenvalue weighted by atomic mass is 16.5. The number of benzene rings is 1. The van der Waals surface area contributed by atoms with E-state index in [2.05, 4.69) is 25.8 Å². The van der Waals surface area contributed by atoms with Crippen molar-refractivity contribution in [3.05, 3.63) is 35.9 Å². The summed E-state index contributed by atoms with van der Waals surface area (Å²) in [5.41, 5.74) is 0.993. The monoisotopic (exact) mass is 263 g/mol. The lowest BCUT2D eigenvalue weighted by Gasteiger charge is -2.38. The molecule has 0 amide bonds. The summed E-state index contributed by atoms with van der Waals surface area (Å²) in [6.45, 7) is 5.95. The SMILES string of the molecule is CC(C)C(C(O)c1ccccc1)N(C)C1CCOC1. The number of aliphatic hydroxyl groups is 1. The van der Waals surface area contributed by atoms with Gasteiger partial charge in [-0.2, -0.15) is 0 Å². The van der Waals surface area contributed by atoms with E-state index in [1.807, 2.05) is 30.3 Å². The molecule has 0 radical (unpaired) electrons. The molecule has 1 heterocycles. The average Bonchev–Trinajstić information content (AvgIpc) is 2.93. The van der Waals surface area contributed by atoms with E-state index >= 15 is 0 Å². The second kappa shape index (κ2) is 6.51. The van der Waals surface area contributed by atoms with Crippen molar-refractivity contribution < 1.29 is 9.84 Å². The van der Waals surface area contributed by atoms with Gasteiger partial charge in [-0.05, 0) is 24.9 Å². The summed E-state index contributed by atoms with van der Waals surface area (Å²) in [5.74, 6) is 0.390. The van der Waals surface area contributed by atoms with E-state index in [1.54, 1.807) is 0 Å². The second-order valence-electron chi connectivity index (χ2n) is 5.77. The van der Waals surface area contributed by atoms with Crippen LogP contribution in [0.2, 0.25) is 0 Å². The average molecular weight is 263 g/mol. The lowest BCUT2D eigenvalue weighted by atomic mass is 9.91. The molecule has 1 aromatic rings. The van der Waals surface area contributed by atoms with Crippen LogP contribution in [0.3, 0.4) is 0 Å². The van der Waals surface area contributed by atoms with Gasteiger partial charge in [-0.1, -0.05) is 44.2 Å². The standard InChI is InChI=1S/C16H25NO2/c1-12(2)15(17(3)14-9-10-19-11-14)16(18)13-7-5-4-6-8-13/h4-8,12,14-16,18H,9-11H2,1-3H3. The van der Waals surface area contributed by atoms with Gasteiger partial charge in [0.1, 0.15) is 0 Å². The predicted molar refractivity (Wildman–Crippen MR) is 77.0 cm³/mol. The molecule has 3 unspecified atom stereocenters. The highest BCUT2D eigenvalue weighted by molar-refractivity contribution is 5.19. The third-order valence-electron chi connectivity index (χ3n) is 4.10. The van der Waals surface area contributed by atoms with Gasteiger partial charge in [-0.3, -0.25) is 4.90 Å². The predicted octanol–water partition coefficient (Wildman–Crippen LogP) is 2.47. The molecule has 1 aromatic carbocycles. The van der Waals surface area contributed by atoms with Gasteiger partial charge in [0, 0.05) is 18.7 Å². The zero-order valence-electron chi connectivity index (χ0n) is 12.1. The fourth-order valence-electron chi connectivity index (χ4n) is 2.99. The van der Waals surface area contributed by atoms with Crippen LogP contribution >= 0.6 is 0 Å². The third kappa shape index (κ3) is 3.35. The molecule has 3 atom stereocenters. The van der Waals surface area contributed by atoms with Gasteiger partial charge < -0.3 is 9.84 Å². The number of ether oxygens (including phenoxy) is 1. The van der Waals surface area contributed by atoms with Crippen LogP contribution in [-0.2, 0) is 4.74 Å². The number of hydrogen-bond donors (Lipinski definition) is 1. The minimum Gasteiger partial charge on any atom is -0.387 e.